The second kappa shape index (κ2) is 10.7. The van der Waals surface area contributed by atoms with Crippen LogP contribution in [0.3, 0.4) is 0 Å². The van der Waals surface area contributed by atoms with E-state index in [0.717, 1.165) is 55.2 Å². The van der Waals surface area contributed by atoms with Gasteiger partial charge >= 0.3 is 6.18 Å². The molecule has 1 saturated heterocycles. The number of amides is 1. The minimum absolute atomic E-state index is 0.153. The number of carbonyl (C=O) groups excluding carboxylic acids is 1. The lowest BCUT2D eigenvalue weighted by atomic mass is 10.1. The quantitative estimate of drug-likeness (QED) is 0.604. The van der Waals surface area contributed by atoms with E-state index in [-0.39, 0.29) is 12.2 Å². The van der Waals surface area contributed by atoms with Gasteiger partial charge in [-0.1, -0.05) is 30.3 Å². The zero-order chi connectivity index (χ0) is 24.9. The molecule has 186 valence electrons. The summed E-state index contributed by atoms with van der Waals surface area (Å²) in [6, 6.07) is 10.3. The molecule has 1 aliphatic rings. The molecule has 0 aromatic heterocycles. The Bertz CT molecular complexity index is 1100. The van der Waals surface area contributed by atoms with Gasteiger partial charge in [-0.3, -0.25) is 14.0 Å². The second-order valence-electron chi connectivity index (χ2n) is 8.21. The van der Waals surface area contributed by atoms with Crippen molar-refractivity contribution in [1.82, 2.24) is 10.2 Å². The Balaban J connectivity index is 1.70. The topological polar surface area (TPSA) is 79.0 Å². The van der Waals surface area contributed by atoms with Crippen LogP contribution in [-0.4, -0.2) is 57.8 Å². The highest BCUT2D eigenvalue weighted by Gasteiger charge is 2.34. The van der Waals surface area contributed by atoms with E-state index in [4.69, 9.17) is 4.74 Å². The van der Waals surface area contributed by atoms with Gasteiger partial charge in [0, 0.05) is 26.2 Å². The molecule has 0 unspecified atom stereocenters. The van der Waals surface area contributed by atoms with Crippen LogP contribution in [-0.2, 0) is 38.8 Å². The molecule has 1 N–H and O–H groups in total. The molecule has 1 amide bonds. The van der Waals surface area contributed by atoms with Crippen molar-refractivity contribution in [3.8, 4) is 0 Å². The van der Waals surface area contributed by atoms with Crippen molar-refractivity contribution in [3.63, 3.8) is 0 Å². The van der Waals surface area contributed by atoms with Crippen molar-refractivity contribution < 1.29 is 31.1 Å². The monoisotopic (exact) mass is 499 g/mol. The molecule has 0 saturated carbocycles. The first-order chi connectivity index (χ1) is 15.9. The van der Waals surface area contributed by atoms with Crippen LogP contribution in [0.2, 0.25) is 0 Å². The summed E-state index contributed by atoms with van der Waals surface area (Å²) in [6.07, 6.45) is -3.79. The number of rotatable bonds is 8. The van der Waals surface area contributed by atoms with Crippen molar-refractivity contribution in [2.75, 3.05) is 36.9 Å². The van der Waals surface area contributed by atoms with Crippen LogP contribution < -0.4 is 9.62 Å². The van der Waals surface area contributed by atoms with E-state index in [1.807, 2.05) is 24.3 Å². The number of carbonyl (C=O) groups is 1. The van der Waals surface area contributed by atoms with E-state index >= 15 is 0 Å². The Morgan fingerprint density at radius 1 is 1.12 bits per heavy atom. The Hall–Kier alpha value is -2.63. The molecule has 0 aliphatic carbocycles. The third-order valence-electron chi connectivity index (χ3n) is 5.48. The average Bonchev–Trinajstić information content (AvgIpc) is 2.77. The van der Waals surface area contributed by atoms with Gasteiger partial charge in [-0.2, -0.15) is 13.2 Å². The van der Waals surface area contributed by atoms with Gasteiger partial charge in [-0.15, -0.1) is 0 Å². The number of nitrogens with zero attached hydrogens (tertiary/aromatic N) is 2. The Labute approximate surface area is 197 Å². The molecule has 1 heterocycles. The average molecular weight is 500 g/mol. The number of benzene rings is 2. The van der Waals surface area contributed by atoms with Crippen molar-refractivity contribution in [1.29, 1.82) is 0 Å². The molecular weight excluding hydrogens is 471 g/mol. The molecule has 3 rings (SSSR count). The van der Waals surface area contributed by atoms with Crippen LogP contribution in [0, 0.1) is 0 Å². The number of sulfonamides is 1. The molecule has 1 fully saturated rings. The predicted molar refractivity (Wildman–Crippen MR) is 123 cm³/mol. The fourth-order valence-corrected chi connectivity index (χ4v) is 4.99. The van der Waals surface area contributed by atoms with Crippen molar-refractivity contribution in [3.05, 3.63) is 65.2 Å². The molecule has 11 heteroatoms. The molecule has 0 spiro atoms. The lowest BCUT2D eigenvalue weighted by molar-refractivity contribution is -0.137. The van der Waals surface area contributed by atoms with Gasteiger partial charge in [0.25, 0.3) is 0 Å². The number of ether oxygens (including phenoxy) is 1. The third-order valence-corrected chi connectivity index (χ3v) is 6.73. The number of halogens is 3. The summed E-state index contributed by atoms with van der Waals surface area (Å²) in [6.45, 7) is 5.31. The summed E-state index contributed by atoms with van der Waals surface area (Å²) in [5.74, 6) is -0.624. The Kier molecular flexibility index (Phi) is 8.21. The fraction of sp³-hybridized carbons (Fsp3) is 0.435. The van der Waals surface area contributed by atoms with E-state index < -0.39 is 33.7 Å². The van der Waals surface area contributed by atoms with Crippen LogP contribution >= 0.6 is 0 Å². The van der Waals surface area contributed by atoms with Gasteiger partial charge in [-0.25, -0.2) is 8.42 Å². The maximum Gasteiger partial charge on any atom is 0.416 e. The smallest absolute Gasteiger partial charge is 0.379 e. The summed E-state index contributed by atoms with van der Waals surface area (Å²) in [7, 11) is -4.04. The van der Waals surface area contributed by atoms with E-state index in [1.54, 1.807) is 0 Å². The summed E-state index contributed by atoms with van der Waals surface area (Å²) < 4.78 is 70.2. The lowest BCUT2D eigenvalue weighted by Gasteiger charge is -2.29. The molecule has 0 bridgehead atoms. The van der Waals surface area contributed by atoms with Crippen LogP contribution in [0.25, 0.3) is 0 Å². The number of anilines is 1. The van der Waals surface area contributed by atoms with Gasteiger partial charge in [0.05, 0.1) is 30.7 Å². The Morgan fingerprint density at radius 3 is 2.41 bits per heavy atom. The molecule has 7 nitrogen and oxygen atoms in total. The molecular formula is C23H28F3N3O4S. The van der Waals surface area contributed by atoms with Gasteiger partial charge < -0.3 is 10.1 Å². The highest BCUT2D eigenvalue weighted by Crippen LogP contribution is 2.32. The molecule has 1 atom stereocenters. The van der Waals surface area contributed by atoms with Crippen LogP contribution in [0.5, 0.6) is 0 Å². The minimum Gasteiger partial charge on any atom is -0.379 e. The first-order valence-corrected chi connectivity index (χ1v) is 12.6. The van der Waals surface area contributed by atoms with Crippen LogP contribution in [0.1, 0.15) is 23.6 Å². The highest BCUT2D eigenvalue weighted by molar-refractivity contribution is 7.92. The summed E-state index contributed by atoms with van der Waals surface area (Å²) in [5, 5.41) is 2.70. The maximum absolute atomic E-state index is 13.1. The van der Waals surface area contributed by atoms with Crippen molar-refractivity contribution >= 4 is 21.6 Å². The lowest BCUT2D eigenvalue weighted by Crippen LogP contribution is -2.47. The molecule has 34 heavy (non-hydrogen) atoms. The normalized spacial score (nSPS) is 16.1. The van der Waals surface area contributed by atoms with Gasteiger partial charge in [-0.05, 0) is 36.2 Å². The molecule has 2 aromatic rings. The number of hydrogen-bond donors (Lipinski definition) is 1. The largest absolute Gasteiger partial charge is 0.416 e. The maximum atomic E-state index is 13.1. The number of nitrogens with one attached hydrogen (secondary N) is 1. The summed E-state index contributed by atoms with van der Waals surface area (Å²) in [4.78, 5) is 15.1. The zero-order valence-electron chi connectivity index (χ0n) is 19.0. The number of morpholine rings is 1. The van der Waals surface area contributed by atoms with Crippen LogP contribution in [0.15, 0.2) is 48.5 Å². The standard InChI is InChI=1S/C23H28F3N3O4S/c1-17(29(34(2,31)32)21-8-4-7-20(14-21)23(24,25)26)22(30)27-15-18-5-3-6-19(13-18)16-28-9-11-33-12-10-28/h3-8,13-14,17H,9-12,15-16H2,1-2H3,(H,27,30)/t17-/m1/s1. The Morgan fingerprint density at radius 2 is 1.76 bits per heavy atom. The van der Waals surface area contributed by atoms with E-state index in [9.17, 15) is 26.4 Å². The highest BCUT2D eigenvalue weighted by atomic mass is 32.2. The van der Waals surface area contributed by atoms with Gasteiger partial charge in [0.2, 0.25) is 15.9 Å². The van der Waals surface area contributed by atoms with E-state index in [0.29, 0.717) is 17.5 Å². The number of alkyl halides is 3. The minimum atomic E-state index is -4.64. The molecule has 0 radical (unpaired) electrons. The second-order valence-corrected chi connectivity index (χ2v) is 10.1. The summed E-state index contributed by atoms with van der Waals surface area (Å²) >= 11 is 0. The fourth-order valence-electron chi connectivity index (χ4n) is 3.82. The van der Waals surface area contributed by atoms with Crippen LogP contribution in [0.4, 0.5) is 18.9 Å². The van der Waals surface area contributed by atoms with Gasteiger partial charge in [0.1, 0.15) is 6.04 Å². The van der Waals surface area contributed by atoms with E-state index in [2.05, 4.69) is 10.2 Å². The third kappa shape index (κ3) is 6.94. The predicted octanol–water partition coefficient (Wildman–Crippen LogP) is 3.01. The SMILES string of the molecule is C[C@H](C(=O)NCc1cccc(CN2CCOCC2)c1)N(c1cccc(C(F)(F)F)c1)S(C)(=O)=O. The zero-order valence-corrected chi connectivity index (χ0v) is 19.8. The number of hydrogen-bond acceptors (Lipinski definition) is 5. The molecule has 2 aromatic carbocycles. The summed E-state index contributed by atoms with van der Waals surface area (Å²) in [5.41, 5.74) is 0.676. The van der Waals surface area contributed by atoms with Crippen molar-refractivity contribution in [2.24, 2.45) is 0 Å². The molecule has 1 aliphatic heterocycles. The van der Waals surface area contributed by atoms with E-state index in [1.165, 1.54) is 13.0 Å². The van der Waals surface area contributed by atoms with Gasteiger partial charge in [0.15, 0.2) is 0 Å². The van der Waals surface area contributed by atoms with Crippen molar-refractivity contribution in [2.45, 2.75) is 32.2 Å². The first-order valence-electron chi connectivity index (χ1n) is 10.8. The first kappa shape index (κ1) is 26.0.